The molecular weight excluding hydrogens is 240 g/mol. The number of rotatable bonds is 2. The number of hydrogen-bond acceptors (Lipinski definition) is 3. The normalized spacial score (nSPS) is 25.8. The molecule has 3 rings (SSSR count). The fraction of sp³-hybridized carbons (Fsp3) is 0.667. The molecule has 19 heavy (non-hydrogen) atoms. The number of anilines is 1. The maximum absolute atomic E-state index is 11.9. The van der Waals surface area contributed by atoms with Crippen molar-refractivity contribution in [2.45, 2.75) is 63.2 Å². The van der Waals surface area contributed by atoms with E-state index in [0.717, 1.165) is 12.8 Å². The molecule has 2 fully saturated rings. The predicted molar refractivity (Wildman–Crippen MR) is 75.0 cm³/mol. The number of ether oxygens (including phenoxy) is 1. The summed E-state index contributed by atoms with van der Waals surface area (Å²) in [5.41, 5.74) is 5.99. The Kier molecular flexibility index (Phi) is 3.35. The number of pyridine rings is 1. The van der Waals surface area contributed by atoms with E-state index in [2.05, 4.69) is 0 Å². The van der Waals surface area contributed by atoms with Gasteiger partial charge in [-0.1, -0.05) is 19.3 Å². The third-order valence-electron chi connectivity index (χ3n) is 4.55. The van der Waals surface area contributed by atoms with Gasteiger partial charge in [-0.2, -0.15) is 0 Å². The molecule has 0 amide bonds. The van der Waals surface area contributed by atoms with E-state index in [1.165, 1.54) is 32.1 Å². The zero-order chi connectivity index (χ0) is 13.3. The van der Waals surface area contributed by atoms with Crippen LogP contribution in [0.25, 0.3) is 0 Å². The Labute approximate surface area is 113 Å². The van der Waals surface area contributed by atoms with E-state index in [0.29, 0.717) is 12.2 Å². The molecule has 1 saturated carbocycles. The highest BCUT2D eigenvalue weighted by atomic mass is 16.5. The standard InChI is InChI=1S/C15H22N2O2/c16-13-5-4-10-17(14(13)18)11-12-6-9-15(19-12)7-2-1-3-8-15/h4-5,10,12H,1-3,6-9,11,16H2. The molecule has 1 aromatic rings. The first-order valence-corrected chi connectivity index (χ1v) is 7.31. The van der Waals surface area contributed by atoms with Gasteiger partial charge in [0.2, 0.25) is 0 Å². The van der Waals surface area contributed by atoms with Crippen molar-refractivity contribution < 1.29 is 4.74 Å². The lowest BCUT2D eigenvalue weighted by molar-refractivity contribution is -0.0682. The minimum Gasteiger partial charge on any atom is -0.394 e. The first-order valence-electron chi connectivity index (χ1n) is 7.31. The highest BCUT2D eigenvalue weighted by Gasteiger charge is 2.40. The van der Waals surface area contributed by atoms with Crippen LogP contribution in [0.2, 0.25) is 0 Å². The van der Waals surface area contributed by atoms with Gasteiger partial charge in [-0.15, -0.1) is 0 Å². The molecule has 4 nitrogen and oxygen atoms in total. The second kappa shape index (κ2) is 5.00. The van der Waals surface area contributed by atoms with Crippen LogP contribution in [0.5, 0.6) is 0 Å². The summed E-state index contributed by atoms with van der Waals surface area (Å²) in [7, 11) is 0. The van der Waals surface area contributed by atoms with Crippen molar-refractivity contribution >= 4 is 5.69 Å². The number of nitrogens with two attached hydrogens (primary N) is 1. The molecule has 0 bridgehead atoms. The highest BCUT2D eigenvalue weighted by Crippen LogP contribution is 2.42. The molecular formula is C15H22N2O2. The van der Waals surface area contributed by atoms with Gasteiger partial charge in [0.25, 0.3) is 5.56 Å². The van der Waals surface area contributed by atoms with Crippen LogP contribution in [0.4, 0.5) is 5.69 Å². The fourth-order valence-corrected chi connectivity index (χ4v) is 3.51. The van der Waals surface area contributed by atoms with Gasteiger partial charge in [0.05, 0.1) is 23.9 Å². The summed E-state index contributed by atoms with van der Waals surface area (Å²) in [5, 5.41) is 0. The number of nitrogens with zero attached hydrogens (tertiary/aromatic N) is 1. The molecule has 1 aliphatic heterocycles. The first kappa shape index (κ1) is 12.7. The van der Waals surface area contributed by atoms with E-state index in [9.17, 15) is 4.79 Å². The third-order valence-corrected chi connectivity index (χ3v) is 4.55. The Balaban J connectivity index is 1.69. The lowest BCUT2D eigenvalue weighted by Gasteiger charge is -2.33. The van der Waals surface area contributed by atoms with Crippen LogP contribution >= 0.6 is 0 Å². The van der Waals surface area contributed by atoms with Gasteiger partial charge in [-0.3, -0.25) is 4.79 Å². The summed E-state index contributed by atoms with van der Waals surface area (Å²) in [5.74, 6) is 0. The van der Waals surface area contributed by atoms with Crippen molar-refractivity contribution in [2.75, 3.05) is 5.73 Å². The summed E-state index contributed by atoms with van der Waals surface area (Å²) >= 11 is 0. The lowest BCUT2D eigenvalue weighted by Crippen LogP contribution is -2.34. The Morgan fingerprint density at radius 2 is 2.11 bits per heavy atom. The van der Waals surface area contributed by atoms with E-state index in [4.69, 9.17) is 10.5 Å². The van der Waals surface area contributed by atoms with Crippen LogP contribution in [0.1, 0.15) is 44.9 Å². The van der Waals surface area contributed by atoms with E-state index in [-0.39, 0.29) is 17.3 Å². The van der Waals surface area contributed by atoms with Gasteiger partial charge in [-0.05, 0) is 37.8 Å². The quantitative estimate of drug-likeness (QED) is 0.889. The lowest BCUT2D eigenvalue weighted by atomic mass is 9.83. The summed E-state index contributed by atoms with van der Waals surface area (Å²) in [4.78, 5) is 11.9. The van der Waals surface area contributed by atoms with Gasteiger partial charge in [0, 0.05) is 6.20 Å². The summed E-state index contributed by atoms with van der Waals surface area (Å²) in [6.45, 7) is 0.631. The van der Waals surface area contributed by atoms with E-state index in [1.54, 1.807) is 16.8 Å². The van der Waals surface area contributed by atoms with Crippen LogP contribution < -0.4 is 11.3 Å². The van der Waals surface area contributed by atoms with E-state index >= 15 is 0 Å². The molecule has 2 aliphatic rings. The van der Waals surface area contributed by atoms with Crippen molar-refractivity contribution in [3.05, 3.63) is 28.7 Å². The van der Waals surface area contributed by atoms with Crippen molar-refractivity contribution in [3.8, 4) is 0 Å². The molecule has 0 radical (unpaired) electrons. The molecule has 1 spiro atoms. The monoisotopic (exact) mass is 262 g/mol. The van der Waals surface area contributed by atoms with Crippen LogP contribution in [0.3, 0.4) is 0 Å². The first-order chi connectivity index (χ1) is 9.19. The third kappa shape index (κ3) is 2.54. The molecule has 1 saturated heterocycles. The molecule has 0 aromatic carbocycles. The smallest absolute Gasteiger partial charge is 0.273 e. The number of nitrogen functional groups attached to an aromatic ring is 1. The zero-order valence-electron chi connectivity index (χ0n) is 11.3. The van der Waals surface area contributed by atoms with Gasteiger partial charge < -0.3 is 15.0 Å². The van der Waals surface area contributed by atoms with Crippen molar-refractivity contribution in [1.29, 1.82) is 0 Å². The Morgan fingerprint density at radius 3 is 2.89 bits per heavy atom. The van der Waals surface area contributed by atoms with Gasteiger partial charge in [0.15, 0.2) is 0 Å². The second-order valence-corrected chi connectivity index (χ2v) is 5.94. The molecule has 2 N–H and O–H groups in total. The molecule has 1 aromatic heterocycles. The highest BCUT2D eigenvalue weighted by molar-refractivity contribution is 5.33. The van der Waals surface area contributed by atoms with Crippen molar-refractivity contribution in [1.82, 2.24) is 4.57 Å². The van der Waals surface area contributed by atoms with Crippen molar-refractivity contribution in [2.24, 2.45) is 0 Å². The van der Waals surface area contributed by atoms with Gasteiger partial charge >= 0.3 is 0 Å². The van der Waals surface area contributed by atoms with Crippen LogP contribution in [-0.2, 0) is 11.3 Å². The minimum atomic E-state index is -0.101. The molecule has 104 valence electrons. The van der Waals surface area contributed by atoms with Gasteiger partial charge in [0.1, 0.15) is 0 Å². The summed E-state index contributed by atoms with van der Waals surface area (Å²) in [6.07, 6.45) is 10.5. The zero-order valence-corrected chi connectivity index (χ0v) is 11.3. The number of aromatic nitrogens is 1. The Hall–Kier alpha value is -1.29. The molecule has 4 heteroatoms. The molecule has 1 aliphatic carbocycles. The average Bonchev–Trinajstić information content (AvgIpc) is 2.79. The second-order valence-electron chi connectivity index (χ2n) is 5.94. The van der Waals surface area contributed by atoms with E-state index < -0.39 is 0 Å². The van der Waals surface area contributed by atoms with Crippen LogP contribution in [0.15, 0.2) is 23.1 Å². The SMILES string of the molecule is Nc1cccn(CC2CCC3(CCCCC3)O2)c1=O. The fourth-order valence-electron chi connectivity index (χ4n) is 3.51. The average molecular weight is 262 g/mol. The predicted octanol–water partition coefficient (Wildman–Crippen LogP) is 2.31. The Bertz CT molecular complexity index is 503. The molecule has 1 unspecified atom stereocenters. The summed E-state index contributed by atoms with van der Waals surface area (Å²) in [6, 6.07) is 3.47. The molecule has 1 atom stereocenters. The maximum Gasteiger partial charge on any atom is 0.273 e. The Morgan fingerprint density at radius 1 is 1.32 bits per heavy atom. The van der Waals surface area contributed by atoms with Gasteiger partial charge in [-0.25, -0.2) is 0 Å². The summed E-state index contributed by atoms with van der Waals surface area (Å²) < 4.78 is 7.97. The number of hydrogen-bond donors (Lipinski definition) is 1. The van der Waals surface area contributed by atoms with Crippen LogP contribution in [-0.4, -0.2) is 16.3 Å². The van der Waals surface area contributed by atoms with Crippen molar-refractivity contribution in [3.63, 3.8) is 0 Å². The maximum atomic E-state index is 11.9. The molecule has 2 heterocycles. The van der Waals surface area contributed by atoms with Crippen LogP contribution in [0, 0.1) is 0 Å². The van der Waals surface area contributed by atoms with E-state index in [1.807, 2.05) is 6.07 Å². The minimum absolute atomic E-state index is 0.101. The topological polar surface area (TPSA) is 57.2 Å². The largest absolute Gasteiger partial charge is 0.394 e.